The van der Waals surface area contributed by atoms with E-state index in [1.807, 2.05) is 0 Å². The van der Waals surface area contributed by atoms with E-state index in [0.29, 0.717) is 15.2 Å². The Balaban J connectivity index is 2.64. The highest BCUT2D eigenvalue weighted by Gasteiger charge is 2.18. The van der Waals surface area contributed by atoms with Gasteiger partial charge in [0.25, 0.3) is 0 Å². The van der Waals surface area contributed by atoms with Crippen molar-refractivity contribution in [3.8, 4) is 0 Å². The summed E-state index contributed by atoms with van der Waals surface area (Å²) in [5.74, 6) is -1.31. The van der Waals surface area contributed by atoms with Gasteiger partial charge >= 0.3 is 12.0 Å². The normalized spacial score (nSPS) is 11.7. The zero-order chi connectivity index (χ0) is 13.7. The first-order valence-electron chi connectivity index (χ1n) is 4.80. The summed E-state index contributed by atoms with van der Waals surface area (Å²) in [4.78, 5) is 22.0. The Morgan fingerprint density at radius 3 is 2.61 bits per heavy atom. The minimum Gasteiger partial charge on any atom is -0.480 e. The molecule has 0 aromatic heterocycles. The lowest BCUT2D eigenvalue weighted by Gasteiger charge is -2.12. The Labute approximate surface area is 116 Å². The van der Waals surface area contributed by atoms with E-state index in [4.69, 9.17) is 21.8 Å². The molecular weight excluding hydrogens is 327 g/mol. The van der Waals surface area contributed by atoms with Crippen LogP contribution in [0, 0.1) is 0 Å². The van der Waals surface area contributed by atoms with Gasteiger partial charge in [-0.3, -0.25) is 0 Å². The number of urea groups is 1. The van der Waals surface area contributed by atoms with E-state index < -0.39 is 24.6 Å². The largest absolute Gasteiger partial charge is 0.480 e. The molecule has 8 heteroatoms. The van der Waals surface area contributed by atoms with Crippen LogP contribution < -0.4 is 10.6 Å². The lowest BCUT2D eigenvalue weighted by Crippen LogP contribution is -2.45. The molecule has 0 unspecified atom stereocenters. The summed E-state index contributed by atoms with van der Waals surface area (Å²) in [7, 11) is 0. The van der Waals surface area contributed by atoms with E-state index in [1.165, 1.54) is 0 Å². The fraction of sp³-hybridized carbons (Fsp3) is 0.200. The highest BCUT2D eigenvalue weighted by Crippen LogP contribution is 2.25. The second-order valence-electron chi connectivity index (χ2n) is 3.30. The fourth-order valence-corrected chi connectivity index (χ4v) is 1.58. The van der Waals surface area contributed by atoms with Gasteiger partial charge in [0.2, 0.25) is 0 Å². The van der Waals surface area contributed by atoms with Crippen molar-refractivity contribution in [1.82, 2.24) is 5.32 Å². The highest BCUT2D eigenvalue weighted by molar-refractivity contribution is 9.10. The fourth-order valence-electron chi connectivity index (χ4n) is 1.08. The average Bonchev–Trinajstić information content (AvgIpc) is 2.30. The number of aliphatic hydroxyl groups excluding tert-OH is 1. The molecule has 0 aliphatic carbocycles. The van der Waals surface area contributed by atoms with Crippen LogP contribution in [0.4, 0.5) is 10.5 Å². The van der Waals surface area contributed by atoms with Gasteiger partial charge in [-0.25, -0.2) is 9.59 Å². The molecule has 1 atom stereocenters. The standard InChI is InChI=1S/C10H10BrClN2O4/c11-6-3-5(1-2-7(6)12)13-10(18)14-8(4-15)9(16)17/h1-3,8,15H,4H2,(H,16,17)(H2,13,14,18)/t8-/m0/s1. The predicted molar refractivity (Wildman–Crippen MR) is 69.8 cm³/mol. The van der Waals surface area contributed by atoms with Crippen molar-refractivity contribution < 1.29 is 19.8 Å². The number of amides is 2. The summed E-state index contributed by atoms with van der Waals surface area (Å²) in [6.45, 7) is -0.687. The van der Waals surface area contributed by atoms with Crippen molar-refractivity contribution >= 4 is 45.2 Å². The van der Waals surface area contributed by atoms with Gasteiger partial charge in [0.15, 0.2) is 6.04 Å². The van der Waals surface area contributed by atoms with E-state index in [9.17, 15) is 9.59 Å². The van der Waals surface area contributed by atoms with E-state index in [1.54, 1.807) is 18.2 Å². The molecular formula is C10H10BrClN2O4. The van der Waals surface area contributed by atoms with Crippen molar-refractivity contribution in [2.75, 3.05) is 11.9 Å². The van der Waals surface area contributed by atoms with Gasteiger partial charge < -0.3 is 20.8 Å². The molecule has 6 nitrogen and oxygen atoms in total. The number of carboxylic acids is 1. The Morgan fingerprint density at radius 2 is 2.11 bits per heavy atom. The van der Waals surface area contributed by atoms with Crippen LogP contribution in [0.25, 0.3) is 0 Å². The van der Waals surface area contributed by atoms with Gasteiger partial charge in [-0.05, 0) is 34.1 Å². The lowest BCUT2D eigenvalue weighted by atomic mass is 10.3. The summed E-state index contributed by atoms with van der Waals surface area (Å²) in [6, 6.07) is 2.62. The van der Waals surface area contributed by atoms with Crippen LogP contribution in [-0.4, -0.2) is 34.9 Å². The number of nitrogens with one attached hydrogen (secondary N) is 2. The molecule has 4 N–H and O–H groups in total. The van der Waals surface area contributed by atoms with Crippen LogP contribution in [0.5, 0.6) is 0 Å². The molecule has 0 aliphatic rings. The Morgan fingerprint density at radius 1 is 1.44 bits per heavy atom. The Hall–Kier alpha value is -1.31. The first kappa shape index (κ1) is 14.7. The zero-order valence-corrected chi connectivity index (χ0v) is 11.3. The zero-order valence-electron chi connectivity index (χ0n) is 8.98. The van der Waals surface area contributed by atoms with Gasteiger partial charge in [-0.15, -0.1) is 0 Å². The molecule has 1 aromatic carbocycles. The molecule has 0 saturated carbocycles. The van der Waals surface area contributed by atoms with Gasteiger partial charge in [-0.2, -0.15) is 0 Å². The number of carbonyl (C=O) groups excluding carboxylic acids is 1. The molecule has 0 heterocycles. The summed E-state index contributed by atoms with van der Waals surface area (Å²) < 4.78 is 0.596. The number of anilines is 1. The maximum Gasteiger partial charge on any atom is 0.328 e. The van der Waals surface area contributed by atoms with Gasteiger partial charge in [-0.1, -0.05) is 11.6 Å². The molecule has 0 spiro atoms. The molecule has 0 bridgehead atoms. The minimum absolute atomic E-state index is 0.436. The van der Waals surface area contributed by atoms with Gasteiger partial charge in [0.1, 0.15) is 0 Å². The molecule has 0 aliphatic heterocycles. The van der Waals surface area contributed by atoms with Crippen LogP contribution in [-0.2, 0) is 4.79 Å². The Kier molecular flexibility index (Phi) is 5.39. The quantitative estimate of drug-likeness (QED) is 0.671. The summed E-state index contributed by atoms with van der Waals surface area (Å²) >= 11 is 8.97. The molecule has 18 heavy (non-hydrogen) atoms. The predicted octanol–water partition coefficient (Wildman–Crippen LogP) is 1.67. The van der Waals surface area contributed by atoms with E-state index in [2.05, 4.69) is 26.6 Å². The summed E-state index contributed by atoms with van der Waals surface area (Å²) in [5.41, 5.74) is 0.436. The monoisotopic (exact) mass is 336 g/mol. The maximum atomic E-state index is 11.4. The SMILES string of the molecule is O=C(Nc1ccc(Cl)c(Br)c1)N[C@@H](CO)C(=O)O. The summed E-state index contributed by atoms with van der Waals surface area (Å²) in [5, 5.41) is 22.4. The van der Waals surface area contributed by atoms with Crippen molar-refractivity contribution in [2.24, 2.45) is 0 Å². The van der Waals surface area contributed by atoms with Crippen LogP contribution >= 0.6 is 27.5 Å². The second-order valence-corrected chi connectivity index (χ2v) is 4.56. The number of aliphatic carboxylic acids is 1. The third-order valence-corrected chi connectivity index (χ3v) is 3.18. The molecule has 0 fully saturated rings. The highest BCUT2D eigenvalue weighted by atomic mass is 79.9. The Bertz CT molecular complexity index is 469. The van der Waals surface area contributed by atoms with Crippen molar-refractivity contribution in [3.63, 3.8) is 0 Å². The number of rotatable bonds is 4. The smallest absolute Gasteiger partial charge is 0.328 e. The molecule has 1 aromatic rings. The molecule has 0 saturated heterocycles. The molecule has 0 radical (unpaired) electrons. The maximum absolute atomic E-state index is 11.4. The second kappa shape index (κ2) is 6.58. The minimum atomic E-state index is -1.35. The van der Waals surface area contributed by atoms with E-state index in [-0.39, 0.29) is 0 Å². The van der Waals surface area contributed by atoms with Crippen LogP contribution in [0.3, 0.4) is 0 Å². The average molecular weight is 338 g/mol. The first-order chi connectivity index (χ1) is 8.43. The topological polar surface area (TPSA) is 98.7 Å². The number of benzene rings is 1. The van der Waals surface area contributed by atoms with Crippen molar-refractivity contribution in [2.45, 2.75) is 6.04 Å². The third-order valence-electron chi connectivity index (χ3n) is 1.96. The van der Waals surface area contributed by atoms with Gasteiger partial charge in [0, 0.05) is 10.2 Å². The first-order valence-corrected chi connectivity index (χ1v) is 5.97. The molecule has 98 valence electrons. The van der Waals surface area contributed by atoms with Crippen LogP contribution in [0.1, 0.15) is 0 Å². The number of hydrogen-bond donors (Lipinski definition) is 4. The lowest BCUT2D eigenvalue weighted by molar-refractivity contribution is -0.140. The number of hydrogen-bond acceptors (Lipinski definition) is 3. The third kappa shape index (κ3) is 4.17. The number of halogens is 2. The van der Waals surface area contributed by atoms with Gasteiger partial charge in [0.05, 0.1) is 11.6 Å². The number of carbonyl (C=O) groups is 2. The molecule has 1 rings (SSSR count). The van der Waals surface area contributed by atoms with E-state index >= 15 is 0 Å². The number of aliphatic hydroxyl groups is 1. The van der Waals surface area contributed by atoms with Crippen molar-refractivity contribution in [1.29, 1.82) is 0 Å². The number of carboxylic acid groups (broad SMARTS) is 1. The van der Waals surface area contributed by atoms with E-state index in [0.717, 1.165) is 0 Å². The van der Waals surface area contributed by atoms with Crippen LogP contribution in [0.2, 0.25) is 5.02 Å². The molecule has 2 amide bonds. The summed E-state index contributed by atoms with van der Waals surface area (Å²) in [6.07, 6.45) is 0. The van der Waals surface area contributed by atoms with Crippen molar-refractivity contribution in [3.05, 3.63) is 27.7 Å². The van der Waals surface area contributed by atoms with Crippen LogP contribution in [0.15, 0.2) is 22.7 Å².